The summed E-state index contributed by atoms with van der Waals surface area (Å²) < 4.78 is 27.2. The quantitative estimate of drug-likeness (QED) is 0.847. The molecule has 7 heteroatoms. The summed E-state index contributed by atoms with van der Waals surface area (Å²) in [6.45, 7) is 0.539. The van der Waals surface area contributed by atoms with Crippen molar-refractivity contribution in [3.63, 3.8) is 0 Å². The molecule has 0 aromatic heterocycles. The van der Waals surface area contributed by atoms with E-state index >= 15 is 0 Å². The number of aliphatic hydroxyl groups is 1. The second-order valence-corrected chi connectivity index (χ2v) is 7.56. The van der Waals surface area contributed by atoms with Crippen LogP contribution in [0.15, 0.2) is 32.0 Å². The molecule has 0 amide bonds. The lowest BCUT2D eigenvalue weighted by molar-refractivity contribution is 0.189. The molecule has 0 unspecified atom stereocenters. The van der Waals surface area contributed by atoms with E-state index in [1.165, 1.54) is 4.31 Å². The van der Waals surface area contributed by atoms with E-state index in [4.69, 9.17) is 0 Å². The van der Waals surface area contributed by atoms with Crippen molar-refractivity contribution in [3.8, 4) is 0 Å². The van der Waals surface area contributed by atoms with Gasteiger partial charge in [-0.15, -0.1) is 0 Å². The zero-order valence-electron chi connectivity index (χ0n) is 8.81. The van der Waals surface area contributed by atoms with E-state index in [0.29, 0.717) is 17.4 Å². The Kier molecular flexibility index (Phi) is 3.94. The molecule has 1 atom stereocenters. The molecule has 0 bridgehead atoms. The lowest BCUT2D eigenvalue weighted by atomic mass is 10.3. The molecule has 1 saturated heterocycles. The van der Waals surface area contributed by atoms with E-state index in [0.717, 1.165) is 4.47 Å². The summed E-state index contributed by atoms with van der Waals surface area (Å²) in [6, 6.07) is 4.93. The SMILES string of the molecule is O=S(=O)(c1ccc(Br)cc1Br)N1CC[C@@H](O)C1. The summed E-state index contributed by atoms with van der Waals surface area (Å²) in [4.78, 5) is 0.231. The summed E-state index contributed by atoms with van der Waals surface area (Å²) >= 11 is 6.52. The van der Waals surface area contributed by atoms with Gasteiger partial charge in [-0.1, -0.05) is 15.9 Å². The fraction of sp³-hybridized carbons (Fsp3) is 0.400. The van der Waals surface area contributed by atoms with Gasteiger partial charge in [-0.2, -0.15) is 4.31 Å². The number of nitrogens with zero attached hydrogens (tertiary/aromatic N) is 1. The number of sulfonamides is 1. The van der Waals surface area contributed by atoms with Gasteiger partial charge in [0.1, 0.15) is 0 Å². The molecular weight excluding hydrogens is 374 g/mol. The van der Waals surface area contributed by atoms with Crippen LogP contribution in [0.5, 0.6) is 0 Å². The summed E-state index contributed by atoms with van der Waals surface area (Å²) in [5, 5.41) is 9.40. The molecule has 4 nitrogen and oxygen atoms in total. The van der Waals surface area contributed by atoms with Crippen LogP contribution < -0.4 is 0 Å². The molecule has 0 radical (unpaired) electrons. The lowest BCUT2D eigenvalue weighted by Gasteiger charge is -2.16. The van der Waals surface area contributed by atoms with Gasteiger partial charge in [0.05, 0.1) is 11.0 Å². The van der Waals surface area contributed by atoms with Crippen LogP contribution in [0.2, 0.25) is 0 Å². The molecule has 0 aliphatic carbocycles. The highest BCUT2D eigenvalue weighted by Gasteiger charge is 2.32. The Morgan fingerprint density at radius 2 is 2.06 bits per heavy atom. The Labute approximate surface area is 117 Å². The van der Waals surface area contributed by atoms with Gasteiger partial charge in [0.25, 0.3) is 0 Å². The molecule has 17 heavy (non-hydrogen) atoms. The third-order valence-corrected chi connectivity index (χ3v) is 5.97. The largest absolute Gasteiger partial charge is 0.392 e. The Morgan fingerprint density at radius 3 is 2.59 bits per heavy atom. The van der Waals surface area contributed by atoms with E-state index in [1.807, 2.05) is 0 Å². The van der Waals surface area contributed by atoms with Gasteiger partial charge >= 0.3 is 0 Å². The van der Waals surface area contributed by atoms with Crippen molar-refractivity contribution >= 4 is 41.9 Å². The van der Waals surface area contributed by atoms with Crippen molar-refractivity contribution in [2.45, 2.75) is 17.4 Å². The van der Waals surface area contributed by atoms with Gasteiger partial charge in [-0.25, -0.2) is 8.42 Å². The van der Waals surface area contributed by atoms with Crippen molar-refractivity contribution in [1.82, 2.24) is 4.31 Å². The zero-order valence-corrected chi connectivity index (χ0v) is 12.8. The maximum atomic E-state index is 12.3. The third kappa shape index (κ3) is 2.73. The number of halogens is 2. The van der Waals surface area contributed by atoms with Crippen LogP contribution in [-0.4, -0.2) is 37.0 Å². The van der Waals surface area contributed by atoms with Gasteiger partial charge in [0.15, 0.2) is 0 Å². The van der Waals surface area contributed by atoms with E-state index in [9.17, 15) is 13.5 Å². The Balaban J connectivity index is 2.38. The van der Waals surface area contributed by atoms with Crippen LogP contribution >= 0.6 is 31.9 Å². The third-order valence-electron chi connectivity index (χ3n) is 2.64. The first-order valence-corrected chi connectivity index (χ1v) is 8.07. The van der Waals surface area contributed by atoms with Gasteiger partial charge < -0.3 is 5.11 Å². The summed E-state index contributed by atoms with van der Waals surface area (Å²) in [5.41, 5.74) is 0. The van der Waals surface area contributed by atoms with E-state index in [-0.39, 0.29) is 11.4 Å². The first-order valence-electron chi connectivity index (χ1n) is 5.04. The van der Waals surface area contributed by atoms with Crippen LogP contribution in [0.4, 0.5) is 0 Å². The average Bonchev–Trinajstić information content (AvgIpc) is 2.64. The molecule has 1 aromatic rings. The Morgan fingerprint density at radius 1 is 1.35 bits per heavy atom. The zero-order chi connectivity index (χ0) is 12.6. The first-order chi connectivity index (χ1) is 7.91. The Hall–Kier alpha value is 0.0500. The van der Waals surface area contributed by atoms with Crippen LogP contribution in [0.1, 0.15) is 6.42 Å². The number of β-amino-alcohol motifs (C(OH)–C–C–N with tert-alkyl or cyclic N) is 1. The molecule has 1 aromatic carbocycles. The van der Waals surface area contributed by atoms with Crippen molar-refractivity contribution in [1.29, 1.82) is 0 Å². The van der Waals surface area contributed by atoms with E-state index in [1.54, 1.807) is 18.2 Å². The smallest absolute Gasteiger partial charge is 0.244 e. The highest BCUT2D eigenvalue weighted by Crippen LogP contribution is 2.29. The number of aliphatic hydroxyl groups excluding tert-OH is 1. The maximum absolute atomic E-state index is 12.3. The molecule has 2 rings (SSSR count). The Bertz CT molecular complexity index is 532. The van der Waals surface area contributed by atoms with Gasteiger partial charge in [0, 0.05) is 22.0 Å². The average molecular weight is 385 g/mol. The van der Waals surface area contributed by atoms with Crippen molar-refractivity contribution in [2.75, 3.05) is 13.1 Å². The number of rotatable bonds is 2. The topological polar surface area (TPSA) is 57.6 Å². The predicted molar refractivity (Wildman–Crippen MR) is 71.2 cm³/mol. The number of hydrogen-bond donors (Lipinski definition) is 1. The van der Waals surface area contributed by atoms with Crippen LogP contribution in [0.3, 0.4) is 0 Å². The highest BCUT2D eigenvalue weighted by atomic mass is 79.9. The maximum Gasteiger partial charge on any atom is 0.244 e. The summed E-state index contributed by atoms with van der Waals surface area (Å²) in [5.74, 6) is 0. The van der Waals surface area contributed by atoms with Crippen molar-refractivity contribution < 1.29 is 13.5 Å². The number of hydrogen-bond acceptors (Lipinski definition) is 3. The van der Waals surface area contributed by atoms with Crippen molar-refractivity contribution in [2.24, 2.45) is 0 Å². The van der Waals surface area contributed by atoms with Gasteiger partial charge in [0.2, 0.25) is 10.0 Å². The minimum absolute atomic E-state index is 0.171. The lowest BCUT2D eigenvalue weighted by Crippen LogP contribution is -2.29. The van der Waals surface area contributed by atoms with Gasteiger partial charge in [-0.05, 0) is 40.5 Å². The molecule has 0 saturated carbocycles. The van der Waals surface area contributed by atoms with Crippen LogP contribution in [0.25, 0.3) is 0 Å². The molecule has 1 heterocycles. The molecular formula is C10H11Br2NO3S. The monoisotopic (exact) mass is 383 g/mol. The molecule has 1 aliphatic rings. The van der Waals surface area contributed by atoms with Crippen LogP contribution in [-0.2, 0) is 10.0 Å². The van der Waals surface area contributed by atoms with E-state index in [2.05, 4.69) is 31.9 Å². The number of benzene rings is 1. The standard InChI is InChI=1S/C10H11Br2NO3S/c11-7-1-2-10(9(12)5-7)17(15,16)13-4-3-8(14)6-13/h1-2,5,8,14H,3-4,6H2/t8-/m1/s1. The molecule has 94 valence electrons. The van der Waals surface area contributed by atoms with Crippen molar-refractivity contribution in [3.05, 3.63) is 27.1 Å². The van der Waals surface area contributed by atoms with Gasteiger partial charge in [-0.3, -0.25) is 0 Å². The second kappa shape index (κ2) is 4.97. The minimum Gasteiger partial charge on any atom is -0.392 e. The first kappa shape index (κ1) is 13.5. The molecule has 0 spiro atoms. The fourth-order valence-corrected chi connectivity index (χ4v) is 4.95. The second-order valence-electron chi connectivity index (χ2n) is 3.88. The van der Waals surface area contributed by atoms with E-state index < -0.39 is 16.1 Å². The highest BCUT2D eigenvalue weighted by molar-refractivity contribution is 9.11. The minimum atomic E-state index is -3.51. The predicted octanol–water partition coefficient (Wildman–Crippen LogP) is 1.97. The molecule has 1 aliphatic heterocycles. The normalized spacial score (nSPS) is 21.9. The summed E-state index contributed by atoms with van der Waals surface area (Å²) in [7, 11) is -3.51. The summed E-state index contributed by atoms with van der Waals surface area (Å²) in [6.07, 6.45) is -0.0631. The molecule has 1 N–H and O–H groups in total. The molecule has 1 fully saturated rings. The van der Waals surface area contributed by atoms with Crippen LogP contribution in [0, 0.1) is 0 Å². The fourth-order valence-electron chi connectivity index (χ4n) is 1.75.